The topological polar surface area (TPSA) is 48.7 Å². The Morgan fingerprint density at radius 1 is 1.17 bits per heavy atom. The molecule has 3 rings (SSSR count). The summed E-state index contributed by atoms with van der Waals surface area (Å²) in [6, 6.07) is 7.38. The zero-order valence-electron chi connectivity index (χ0n) is 14.2. The van der Waals surface area contributed by atoms with E-state index in [1.54, 1.807) is 19.1 Å². The molecule has 1 aliphatic heterocycles. The number of carbonyl (C=O) groups excluding carboxylic acids is 1. The van der Waals surface area contributed by atoms with Gasteiger partial charge in [0.25, 0.3) is 5.91 Å². The summed E-state index contributed by atoms with van der Waals surface area (Å²) >= 11 is 6.15. The molecule has 0 unspecified atom stereocenters. The van der Waals surface area contributed by atoms with Crippen molar-refractivity contribution in [1.82, 2.24) is 4.90 Å². The summed E-state index contributed by atoms with van der Waals surface area (Å²) in [6.07, 6.45) is 0. The normalized spacial score (nSPS) is 15.6. The number of hydrogen-bond donors (Lipinski definition) is 1. The third-order valence-corrected chi connectivity index (χ3v) is 4.57. The van der Waals surface area contributed by atoms with Crippen LogP contribution in [0, 0.1) is 13.8 Å². The number of hydrogen-bond acceptors (Lipinski definition) is 4. The highest BCUT2D eigenvalue weighted by atomic mass is 35.5. The molecule has 1 saturated heterocycles. The molecule has 1 N–H and O–H groups in total. The number of aryl methyl sites for hydroxylation is 2. The average molecular weight is 348 g/mol. The van der Waals surface area contributed by atoms with E-state index in [2.05, 4.69) is 22.2 Å². The molecular formula is C18H22ClN3O2. The number of halogens is 1. The highest BCUT2D eigenvalue weighted by Gasteiger charge is 2.20. The fourth-order valence-electron chi connectivity index (χ4n) is 2.98. The number of rotatable bonds is 3. The SMILES string of the molecule is Cc1cc(C(=O)Nc2cc(Cl)ccc2N2CCN(C)CC2)c(C)o1. The van der Waals surface area contributed by atoms with Crippen LogP contribution < -0.4 is 10.2 Å². The van der Waals surface area contributed by atoms with Crippen LogP contribution in [0.3, 0.4) is 0 Å². The first-order valence-electron chi connectivity index (χ1n) is 8.05. The molecule has 0 radical (unpaired) electrons. The van der Waals surface area contributed by atoms with Gasteiger partial charge in [-0.15, -0.1) is 0 Å². The molecule has 2 aromatic rings. The molecule has 0 bridgehead atoms. The zero-order chi connectivity index (χ0) is 17.3. The smallest absolute Gasteiger partial charge is 0.259 e. The Hall–Kier alpha value is -1.98. The van der Waals surface area contributed by atoms with E-state index in [0.29, 0.717) is 16.3 Å². The van der Waals surface area contributed by atoms with Crippen molar-refractivity contribution >= 4 is 28.9 Å². The van der Waals surface area contributed by atoms with Crippen molar-refractivity contribution in [2.75, 3.05) is 43.4 Å². The van der Waals surface area contributed by atoms with Crippen LogP contribution in [0.1, 0.15) is 21.9 Å². The van der Waals surface area contributed by atoms with Gasteiger partial charge in [0, 0.05) is 31.2 Å². The molecule has 1 aliphatic rings. The maximum atomic E-state index is 12.6. The summed E-state index contributed by atoms with van der Waals surface area (Å²) < 4.78 is 5.45. The molecule has 1 aromatic carbocycles. The van der Waals surface area contributed by atoms with E-state index < -0.39 is 0 Å². The van der Waals surface area contributed by atoms with Crippen molar-refractivity contribution in [3.05, 3.63) is 46.4 Å². The number of benzene rings is 1. The Morgan fingerprint density at radius 3 is 2.50 bits per heavy atom. The van der Waals surface area contributed by atoms with E-state index in [1.807, 2.05) is 19.1 Å². The molecule has 0 atom stereocenters. The molecule has 0 spiro atoms. The van der Waals surface area contributed by atoms with Crippen LogP contribution in [0.25, 0.3) is 0 Å². The Labute approximate surface area is 147 Å². The maximum Gasteiger partial charge on any atom is 0.259 e. The highest BCUT2D eigenvalue weighted by Crippen LogP contribution is 2.30. The van der Waals surface area contributed by atoms with Gasteiger partial charge in [-0.1, -0.05) is 11.6 Å². The van der Waals surface area contributed by atoms with E-state index in [4.69, 9.17) is 16.0 Å². The Balaban J connectivity index is 1.85. The van der Waals surface area contributed by atoms with Gasteiger partial charge in [-0.25, -0.2) is 0 Å². The van der Waals surface area contributed by atoms with Crippen molar-refractivity contribution < 1.29 is 9.21 Å². The summed E-state index contributed by atoms with van der Waals surface area (Å²) in [5.74, 6) is 1.17. The van der Waals surface area contributed by atoms with Crippen LogP contribution in [0.2, 0.25) is 5.02 Å². The van der Waals surface area contributed by atoms with Crippen LogP contribution >= 0.6 is 11.6 Å². The second-order valence-electron chi connectivity index (χ2n) is 6.23. The van der Waals surface area contributed by atoms with Gasteiger partial charge in [0.1, 0.15) is 11.5 Å². The van der Waals surface area contributed by atoms with Crippen LogP contribution in [-0.2, 0) is 0 Å². The highest BCUT2D eigenvalue weighted by molar-refractivity contribution is 6.31. The summed E-state index contributed by atoms with van der Waals surface area (Å²) in [5, 5.41) is 3.59. The third-order valence-electron chi connectivity index (χ3n) is 4.34. The van der Waals surface area contributed by atoms with Crippen molar-refractivity contribution in [2.45, 2.75) is 13.8 Å². The van der Waals surface area contributed by atoms with Crippen LogP contribution in [0.5, 0.6) is 0 Å². The quantitative estimate of drug-likeness (QED) is 0.922. The Morgan fingerprint density at radius 2 is 1.88 bits per heavy atom. The van der Waals surface area contributed by atoms with Crippen molar-refractivity contribution in [1.29, 1.82) is 0 Å². The largest absolute Gasteiger partial charge is 0.466 e. The Kier molecular flexibility index (Phi) is 4.83. The molecule has 24 heavy (non-hydrogen) atoms. The van der Waals surface area contributed by atoms with Gasteiger partial charge in [0.05, 0.1) is 16.9 Å². The zero-order valence-corrected chi connectivity index (χ0v) is 15.0. The lowest BCUT2D eigenvalue weighted by molar-refractivity contribution is 0.102. The second-order valence-corrected chi connectivity index (χ2v) is 6.67. The lowest BCUT2D eigenvalue weighted by Gasteiger charge is -2.35. The summed E-state index contributed by atoms with van der Waals surface area (Å²) in [6.45, 7) is 7.46. The van der Waals surface area contributed by atoms with E-state index in [0.717, 1.165) is 43.3 Å². The van der Waals surface area contributed by atoms with Gasteiger partial charge in [-0.3, -0.25) is 4.79 Å². The van der Waals surface area contributed by atoms with Crippen molar-refractivity contribution in [3.8, 4) is 0 Å². The number of amides is 1. The summed E-state index contributed by atoms with van der Waals surface area (Å²) in [4.78, 5) is 17.2. The summed E-state index contributed by atoms with van der Waals surface area (Å²) in [5.41, 5.74) is 2.28. The van der Waals surface area contributed by atoms with Gasteiger partial charge in [0.15, 0.2) is 0 Å². The van der Waals surface area contributed by atoms with E-state index in [1.165, 1.54) is 0 Å². The van der Waals surface area contributed by atoms with Gasteiger partial charge in [-0.05, 0) is 45.2 Å². The van der Waals surface area contributed by atoms with Gasteiger partial charge in [0.2, 0.25) is 0 Å². The molecule has 0 saturated carbocycles. The first kappa shape index (κ1) is 16.9. The number of nitrogens with one attached hydrogen (secondary N) is 1. The first-order chi connectivity index (χ1) is 11.4. The number of piperazine rings is 1. The molecule has 1 aromatic heterocycles. The molecule has 1 amide bonds. The number of anilines is 2. The van der Waals surface area contributed by atoms with E-state index >= 15 is 0 Å². The Bertz CT molecular complexity index is 749. The minimum atomic E-state index is -0.179. The fourth-order valence-corrected chi connectivity index (χ4v) is 3.15. The number of likely N-dealkylation sites (N-methyl/N-ethyl adjacent to an activating group) is 1. The molecule has 128 valence electrons. The van der Waals surface area contributed by atoms with E-state index in [9.17, 15) is 4.79 Å². The monoisotopic (exact) mass is 347 g/mol. The number of furan rings is 1. The number of carbonyl (C=O) groups is 1. The van der Waals surface area contributed by atoms with E-state index in [-0.39, 0.29) is 5.91 Å². The second kappa shape index (κ2) is 6.87. The van der Waals surface area contributed by atoms with Crippen molar-refractivity contribution in [2.24, 2.45) is 0 Å². The minimum absolute atomic E-state index is 0.179. The summed E-state index contributed by atoms with van der Waals surface area (Å²) in [7, 11) is 2.12. The maximum absolute atomic E-state index is 12.6. The van der Waals surface area contributed by atoms with Crippen LogP contribution in [0.15, 0.2) is 28.7 Å². The van der Waals surface area contributed by atoms with Crippen molar-refractivity contribution in [3.63, 3.8) is 0 Å². The predicted octanol–water partition coefficient (Wildman–Crippen LogP) is 3.55. The number of nitrogens with zero attached hydrogens (tertiary/aromatic N) is 2. The lowest BCUT2D eigenvalue weighted by atomic mass is 10.2. The van der Waals surface area contributed by atoms with Gasteiger partial charge in [-0.2, -0.15) is 0 Å². The molecule has 6 heteroatoms. The third kappa shape index (κ3) is 3.57. The molecular weight excluding hydrogens is 326 g/mol. The van der Waals surface area contributed by atoms with Gasteiger partial charge >= 0.3 is 0 Å². The fraction of sp³-hybridized carbons (Fsp3) is 0.389. The molecule has 1 fully saturated rings. The standard InChI is InChI=1S/C18H22ClN3O2/c1-12-10-15(13(2)24-12)18(23)20-16-11-14(19)4-5-17(16)22-8-6-21(3)7-9-22/h4-5,10-11H,6-9H2,1-3H3,(H,20,23). The van der Waals surface area contributed by atoms with Gasteiger partial charge < -0.3 is 19.5 Å². The molecule has 2 heterocycles. The van der Waals surface area contributed by atoms with Crippen LogP contribution in [0.4, 0.5) is 11.4 Å². The van der Waals surface area contributed by atoms with Crippen LogP contribution in [-0.4, -0.2) is 44.0 Å². The average Bonchev–Trinajstić information content (AvgIpc) is 2.87. The lowest BCUT2D eigenvalue weighted by Crippen LogP contribution is -2.44. The molecule has 0 aliphatic carbocycles. The molecule has 5 nitrogen and oxygen atoms in total. The minimum Gasteiger partial charge on any atom is -0.466 e. The predicted molar refractivity (Wildman–Crippen MR) is 97.3 cm³/mol. The first-order valence-corrected chi connectivity index (χ1v) is 8.43.